The van der Waals surface area contributed by atoms with Gasteiger partial charge < -0.3 is 67.5 Å². The number of pyridine rings is 2. The van der Waals surface area contributed by atoms with E-state index in [2.05, 4.69) is 20.6 Å². The molecule has 26 nitrogen and oxygen atoms in total. The second kappa shape index (κ2) is 32.6. The van der Waals surface area contributed by atoms with Crippen LogP contribution in [0.4, 0.5) is 4.79 Å². The molecule has 4 heterocycles. The Kier molecular flexibility index (Phi) is 25.6. The number of nitrogens with one attached hydrogen (secondary N) is 2. The number of carbonyl (C=O) groups excluding carboxylic acids is 10. The number of methoxy groups -OCH3 is 2. The molecule has 2 aliphatic heterocycles. The van der Waals surface area contributed by atoms with E-state index in [1.165, 1.54) is 59.5 Å². The molecule has 464 valence electrons. The number of esters is 7. The summed E-state index contributed by atoms with van der Waals surface area (Å²) >= 11 is 0. The van der Waals surface area contributed by atoms with Crippen molar-refractivity contribution in [3.8, 4) is 23.0 Å². The molecule has 0 aliphatic carbocycles. The van der Waals surface area contributed by atoms with Crippen LogP contribution in [0.3, 0.4) is 0 Å². The number of aromatic nitrogens is 2. The van der Waals surface area contributed by atoms with Crippen LogP contribution in [0.25, 0.3) is 0 Å². The lowest BCUT2D eigenvalue weighted by Gasteiger charge is -2.29. The van der Waals surface area contributed by atoms with Gasteiger partial charge in [-0.25, -0.2) is 24.4 Å². The number of ether oxygens (including phenoxy) is 12. The molecule has 0 saturated carbocycles. The zero-order valence-corrected chi connectivity index (χ0v) is 49.6. The fourth-order valence-electron chi connectivity index (χ4n) is 8.22. The highest BCUT2D eigenvalue weighted by molar-refractivity contribution is 5.99. The van der Waals surface area contributed by atoms with Crippen LogP contribution in [-0.4, -0.2) is 147 Å². The summed E-state index contributed by atoms with van der Waals surface area (Å²) in [7, 11) is 2.63. The van der Waals surface area contributed by atoms with E-state index in [-0.39, 0.29) is 54.1 Å². The number of cyclic esters (lactones) is 4. The van der Waals surface area contributed by atoms with Gasteiger partial charge in [-0.05, 0) is 43.7 Å². The molecule has 2 saturated heterocycles. The van der Waals surface area contributed by atoms with Gasteiger partial charge in [0.15, 0.2) is 52.9 Å². The Morgan fingerprint density at radius 2 is 1.00 bits per heavy atom. The minimum atomic E-state index is -1.49. The van der Waals surface area contributed by atoms with E-state index in [9.17, 15) is 47.9 Å². The monoisotopic (exact) mass is 1200 g/mol. The topological polar surface area (TPSA) is 331 Å². The average molecular weight is 1200 g/mol. The Hall–Kier alpha value is -9.36. The van der Waals surface area contributed by atoms with Gasteiger partial charge in [0.1, 0.15) is 37.3 Å². The largest absolute Gasteiger partial charge is 0.514 e. The maximum absolute atomic E-state index is 13.4. The van der Waals surface area contributed by atoms with Crippen LogP contribution >= 0.6 is 0 Å². The predicted molar refractivity (Wildman–Crippen MR) is 298 cm³/mol. The summed E-state index contributed by atoms with van der Waals surface area (Å²) in [4.78, 5) is 136. The van der Waals surface area contributed by atoms with Crippen LogP contribution < -0.4 is 29.6 Å². The minimum Gasteiger partial charge on any atom is -0.493 e. The van der Waals surface area contributed by atoms with Gasteiger partial charge >= 0.3 is 47.9 Å². The van der Waals surface area contributed by atoms with Crippen LogP contribution in [0.1, 0.15) is 94.4 Å². The lowest BCUT2D eigenvalue weighted by atomic mass is 9.91. The summed E-state index contributed by atoms with van der Waals surface area (Å²) in [6.07, 6.45) is -2.79. The van der Waals surface area contributed by atoms with E-state index >= 15 is 0 Å². The first-order valence-corrected chi connectivity index (χ1v) is 27.4. The zero-order chi connectivity index (χ0) is 63.2. The van der Waals surface area contributed by atoms with E-state index < -0.39 is 146 Å². The van der Waals surface area contributed by atoms with Gasteiger partial charge in [0, 0.05) is 31.5 Å². The van der Waals surface area contributed by atoms with E-state index in [0.717, 1.165) is 11.1 Å². The van der Waals surface area contributed by atoms with Crippen molar-refractivity contribution in [1.82, 2.24) is 20.6 Å². The number of rotatable bonds is 20. The molecular formula is C60H72N4O22. The lowest BCUT2D eigenvalue weighted by Crippen LogP contribution is -2.47. The van der Waals surface area contributed by atoms with Crippen molar-refractivity contribution in [1.29, 1.82) is 0 Å². The normalized spacial score (nSPS) is 20.5. The third-order valence-corrected chi connectivity index (χ3v) is 12.7. The lowest BCUT2D eigenvalue weighted by molar-refractivity contribution is -0.176. The summed E-state index contributed by atoms with van der Waals surface area (Å²) in [6.45, 7) is 12.8. The zero-order valence-electron chi connectivity index (χ0n) is 49.6. The summed E-state index contributed by atoms with van der Waals surface area (Å²) in [5, 5.41) is 4.87. The first-order chi connectivity index (χ1) is 40.9. The highest BCUT2D eigenvalue weighted by Gasteiger charge is 2.44. The Labute approximate surface area is 496 Å². The maximum atomic E-state index is 13.4. The van der Waals surface area contributed by atoms with Gasteiger partial charge in [0.25, 0.3) is 11.8 Å². The average Bonchev–Trinajstić information content (AvgIpc) is 3.24. The molecule has 86 heavy (non-hydrogen) atoms. The summed E-state index contributed by atoms with van der Waals surface area (Å²) in [5.41, 5.74) is 0.854. The van der Waals surface area contributed by atoms with E-state index in [1.807, 2.05) is 38.1 Å². The second-order valence-electron chi connectivity index (χ2n) is 20.6. The quantitative estimate of drug-likeness (QED) is 0.0646. The van der Waals surface area contributed by atoms with Crippen molar-refractivity contribution in [2.24, 2.45) is 29.6 Å². The van der Waals surface area contributed by atoms with Crippen LogP contribution in [0, 0.1) is 29.6 Å². The summed E-state index contributed by atoms with van der Waals surface area (Å²) in [5.74, 6) is -10.4. The van der Waals surface area contributed by atoms with Crippen molar-refractivity contribution in [2.75, 3.05) is 40.8 Å². The van der Waals surface area contributed by atoms with Gasteiger partial charge in [-0.3, -0.25) is 33.6 Å². The number of nitrogens with zero attached hydrogens (tertiary/aromatic N) is 2. The second-order valence-corrected chi connectivity index (χ2v) is 20.6. The van der Waals surface area contributed by atoms with Crippen LogP contribution in [0.15, 0.2) is 85.2 Å². The van der Waals surface area contributed by atoms with Crippen molar-refractivity contribution in [3.63, 3.8) is 0 Å². The van der Waals surface area contributed by atoms with Gasteiger partial charge in [-0.15, -0.1) is 0 Å². The molecule has 4 aromatic rings. The fraction of sp³-hybridized carbons (Fsp3) is 0.467. The SMILES string of the molecule is COc1ccnc(C(=O)N[C@H]2COC(=O)[C@H](Cc3ccccc3)[C@@H](OC(=O)C(C)C)[C@H](C)OC2=O)c1OC(=O)OCC(C)C.COc1ccnc(C(=O)N[C@H]2COC(=O)[C@H](Cc3ccccc3)[C@@H](OC(=O)C(C)C)[C@H](C)OC2=O)c1OCOC(C)=O. The van der Waals surface area contributed by atoms with E-state index in [1.54, 1.807) is 64.1 Å². The summed E-state index contributed by atoms with van der Waals surface area (Å²) < 4.78 is 64.4. The van der Waals surface area contributed by atoms with Gasteiger partial charge in [-0.2, -0.15) is 0 Å². The Morgan fingerprint density at radius 1 is 0.581 bits per heavy atom. The molecule has 2 aromatic heterocycles. The standard InChI is InChI=1S/C31H38N2O11.C29H34N2O11/c1-17(2)15-41-31(38)44-26-23(39-6)12-13-32-24(26)27(34)33-22-16-40-29(36)21(14-20-10-8-7-9-11-20)25(19(5)42-30(22)37)43-28(35)18(3)4;1-16(2)27(34)42-24-17(3)41-29(36)21(14-38-28(35)20(24)13-19-9-7-6-8-10-19)31-26(33)23-25(40-15-39-18(4)32)22(37-5)11-12-30-23/h7-13,17-19,21-22,25H,14-16H2,1-6H3,(H,33,34);6-12,16-17,20-21,24H,13-15H2,1-5H3,(H,31,33)/t19-,21+,22-,25-;17-,20+,21-,24-/m00/s1. The molecule has 2 N–H and O–H groups in total. The molecule has 6 rings (SSSR count). The number of hydrogen-bond acceptors (Lipinski definition) is 24. The molecule has 8 atom stereocenters. The molecule has 2 aromatic carbocycles. The van der Waals surface area contributed by atoms with Crippen molar-refractivity contribution >= 4 is 59.8 Å². The highest BCUT2D eigenvalue weighted by atomic mass is 16.7. The molecular weight excluding hydrogens is 1130 g/mol. The Bertz CT molecular complexity index is 3010. The summed E-state index contributed by atoms with van der Waals surface area (Å²) in [6, 6.07) is 17.9. The molecule has 0 radical (unpaired) electrons. The third-order valence-electron chi connectivity index (χ3n) is 12.7. The first-order valence-electron chi connectivity index (χ1n) is 27.4. The first kappa shape index (κ1) is 67.4. The van der Waals surface area contributed by atoms with E-state index in [4.69, 9.17) is 56.8 Å². The van der Waals surface area contributed by atoms with Crippen LogP contribution in [-0.2, 0) is 84.3 Å². The molecule has 2 fully saturated rings. The molecule has 26 heteroatoms. The van der Waals surface area contributed by atoms with Gasteiger partial charge in [0.2, 0.25) is 12.5 Å². The number of hydrogen-bond donors (Lipinski definition) is 2. The number of amides is 2. The number of benzene rings is 2. The predicted octanol–water partition coefficient (Wildman–Crippen LogP) is 5.28. The van der Waals surface area contributed by atoms with Crippen molar-refractivity contribution in [2.45, 2.75) is 112 Å². The molecule has 0 spiro atoms. The van der Waals surface area contributed by atoms with E-state index in [0.29, 0.717) is 0 Å². The van der Waals surface area contributed by atoms with Gasteiger partial charge in [-0.1, -0.05) is 102 Å². The molecule has 0 unspecified atom stereocenters. The van der Waals surface area contributed by atoms with Gasteiger partial charge in [0.05, 0.1) is 32.7 Å². The third kappa shape index (κ3) is 19.6. The molecule has 0 bridgehead atoms. The van der Waals surface area contributed by atoms with Crippen molar-refractivity contribution in [3.05, 3.63) is 108 Å². The Balaban J connectivity index is 0.000000314. The van der Waals surface area contributed by atoms with Crippen molar-refractivity contribution < 1.29 is 105 Å². The highest BCUT2D eigenvalue weighted by Crippen LogP contribution is 2.32. The maximum Gasteiger partial charge on any atom is 0.514 e. The fourth-order valence-corrected chi connectivity index (χ4v) is 8.22. The number of carbonyl (C=O) groups is 10. The minimum absolute atomic E-state index is 0.00213. The molecule has 2 amide bonds. The van der Waals surface area contributed by atoms with Crippen LogP contribution in [0.5, 0.6) is 23.0 Å². The smallest absolute Gasteiger partial charge is 0.493 e. The molecule has 2 aliphatic rings. The van der Waals surface area contributed by atoms with Crippen LogP contribution in [0.2, 0.25) is 0 Å². The Morgan fingerprint density at radius 3 is 1.40 bits per heavy atom.